The molecule has 0 spiro atoms. The van der Waals surface area contributed by atoms with Gasteiger partial charge in [0.1, 0.15) is 12.7 Å². The molecule has 10 aromatic rings. The average Bonchev–Trinajstić information content (AvgIpc) is 3.61. The molecule has 0 amide bonds. The molecule has 0 fully saturated rings. The van der Waals surface area contributed by atoms with Crippen molar-refractivity contribution in [3.63, 3.8) is 0 Å². The summed E-state index contributed by atoms with van der Waals surface area (Å²) in [6.07, 6.45) is 5.22. The van der Waals surface area contributed by atoms with Crippen LogP contribution in [-0.4, -0.2) is 19.4 Å². The van der Waals surface area contributed by atoms with E-state index in [2.05, 4.69) is 162 Å². The Morgan fingerprint density at radius 3 is 1.59 bits per heavy atom. The Hall–Kier alpha value is -6.65. The lowest BCUT2D eigenvalue weighted by atomic mass is 9.84. The summed E-state index contributed by atoms with van der Waals surface area (Å²) < 4.78 is 1.85. The van der Waals surface area contributed by atoms with Crippen LogP contribution in [0.3, 0.4) is 0 Å². The minimum Gasteiger partial charge on any atom is -0.274 e. The topological polar surface area (TPSA) is 43.1 Å². The number of fused-ring (bicyclic) bond motifs is 5. The molecule has 0 aliphatic carbocycles. The third kappa shape index (κ3) is 4.57. The van der Waals surface area contributed by atoms with E-state index in [0.717, 1.165) is 16.8 Å². The Bertz CT molecular complexity index is 2850. The zero-order chi connectivity index (χ0) is 32.3. The van der Waals surface area contributed by atoms with Crippen molar-refractivity contribution < 1.29 is 0 Å². The second kappa shape index (κ2) is 11.0. The highest BCUT2D eigenvalue weighted by atomic mass is 15.1. The number of rotatable bonds is 4. The van der Waals surface area contributed by atoms with Gasteiger partial charge in [0.25, 0.3) is 0 Å². The molecule has 4 heteroatoms. The van der Waals surface area contributed by atoms with Gasteiger partial charge in [0.05, 0.1) is 5.69 Å². The smallest absolute Gasteiger partial charge is 0.237 e. The highest BCUT2D eigenvalue weighted by Crippen LogP contribution is 2.45. The van der Waals surface area contributed by atoms with E-state index >= 15 is 0 Å². The molecule has 0 saturated carbocycles. The summed E-state index contributed by atoms with van der Waals surface area (Å²) in [5, 5.41) is 9.94. The first-order valence-electron chi connectivity index (χ1n) is 16.5. The van der Waals surface area contributed by atoms with Crippen LogP contribution in [0.2, 0.25) is 0 Å². The van der Waals surface area contributed by atoms with E-state index in [1.807, 2.05) is 10.6 Å². The summed E-state index contributed by atoms with van der Waals surface area (Å²) in [4.78, 5) is 13.1. The molecule has 4 nitrogen and oxygen atoms in total. The molecule has 49 heavy (non-hydrogen) atoms. The number of hydrogen-bond acceptors (Lipinski definition) is 3. The quantitative estimate of drug-likeness (QED) is 0.183. The Morgan fingerprint density at radius 2 is 0.939 bits per heavy atom. The minimum atomic E-state index is 0.638. The molecule has 0 unspecified atom stereocenters. The fraction of sp³-hybridized carbons (Fsp3) is 0. The number of nitrogens with zero attached hydrogens (tertiary/aromatic N) is 4. The van der Waals surface area contributed by atoms with Crippen molar-refractivity contribution in [2.75, 3.05) is 0 Å². The van der Waals surface area contributed by atoms with Gasteiger partial charge >= 0.3 is 0 Å². The van der Waals surface area contributed by atoms with Gasteiger partial charge in [-0.2, -0.15) is 0 Å². The van der Waals surface area contributed by atoms with Crippen LogP contribution in [0, 0.1) is 0 Å². The Labute approximate surface area is 282 Å². The fourth-order valence-corrected chi connectivity index (χ4v) is 7.39. The molecule has 0 aliphatic heterocycles. The standard InChI is InChI=1S/C45H28N4/c1-3-9-33-23-36(19-15-29(33)7-1)43-38-11-5-6-12-39(38)44(37-20-16-30-8-2-4-10-34(30)24-37)41-25-35(21-22-40(41)43)31-13-17-32(18-14-31)42-26-49-28-46-27-47-45(49)48-42/h1-28H. The molecule has 0 saturated heterocycles. The average molecular weight is 625 g/mol. The summed E-state index contributed by atoms with van der Waals surface area (Å²) in [7, 11) is 0. The fourth-order valence-electron chi connectivity index (χ4n) is 7.39. The van der Waals surface area contributed by atoms with E-state index < -0.39 is 0 Å². The molecule has 228 valence electrons. The SMILES string of the molecule is c1ccc2cc(-c3c4ccccc4c(-c4ccc5ccccc5c4)c4cc(-c5ccc(-c6cn7cncnc7n6)cc5)ccc34)ccc2c1. The predicted octanol–water partition coefficient (Wildman–Crippen LogP) is 11.4. The second-order valence-corrected chi connectivity index (χ2v) is 12.6. The lowest BCUT2D eigenvalue weighted by molar-refractivity contribution is 1.01. The Morgan fingerprint density at radius 1 is 0.408 bits per heavy atom. The van der Waals surface area contributed by atoms with Crippen molar-refractivity contribution in [1.29, 1.82) is 0 Å². The van der Waals surface area contributed by atoms with Crippen LogP contribution in [0.5, 0.6) is 0 Å². The molecule has 0 bridgehead atoms. The van der Waals surface area contributed by atoms with Gasteiger partial charge in [-0.3, -0.25) is 4.40 Å². The molecular weight excluding hydrogens is 597 g/mol. The maximum Gasteiger partial charge on any atom is 0.237 e. The minimum absolute atomic E-state index is 0.638. The summed E-state index contributed by atoms with van der Waals surface area (Å²) >= 11 is 0. The second-order valence-electron chi connectivity index (χ2n) is 12.6. The van der Waals surface area contributed by atoms with Gasteiger partial charge in [0, 0.05) is 11.8 Å². The first-order chi connectivity index (χ1) is 24.3. The van der Waals surface area contributed by atoms with Crippen molar-refractivity contribution in [2.45, 2.75) is 0 Å². The first kappa shape index (κ1) is 27.5. The van der Waals surface area contributed by atoms with Crippen LogP contribution in [0.15, 0.2) is 171 Å². The lowest BCUT2D eigenvalue weighted by Gasteiger charge is -2.19. The summed E-state index contributed by atoms with van der Waals surface area (Å²) in [5.41, 5.74) is 9.18. The van der Waals surface area contributed by atoms with E-state index in [-0.39, 0.29) is 0 Å². The predicted molar refractivity (Wildman–Crippen MR) is 203 cm³/mol. The first-order valence-corrected chi connectivity index (χ1v) is 16.5. The molecule has 10 rings (SSSR count). The summed E-state index contributed by atoms with van der Waals surface area (Å²) in [6, 6.07) is 55.4. The summed E-state index contributed by atoms with van der Waals surface area (Å²) in [5.74, 6) is 0.638. The number of imidazole rings is 1. The highest BCUT2D eigenvalue weighted by molar-refractivity contribution is 6.22. The largest absolute Gasteiger partial charge is 0.274 e. The molecule has 0 atom stereocenters. The van der Waals surface area contributed by atoms with Crippen LogP contribution in [0.1, 0.15) is 0 Å². The number of aromatic nitrogens is 4. The van der Waals surface area contributed by atoms with E-state index in [1.165, 1.54) is 77.2 Å². The highest BCUT2D eigenvalue weighted by Gasteiger charge is 2.18. The van der Waals surface area contributed by atoms with E-state index in [9.17, 15) is 0 Å². The van der Waals surface area contributed by atoms with Crippen LogP contribution >= 0.6 is 0 Å². The van der Waals surface area contributed by atoms with Gasteiger partial charge in [-0.15, -0.1) is 0 Å². The molecule has 8 aromatic carbocycles. The molecule has 2 heterocycles. The van der Waals surface area contributed by atoms with Crippen LogP contribution in [-0.2, 0) is 0 Å². The van der Waals surface area contributed by atoms with E-state index in [4.69, 9.17) is 4.98 Å². The van der Waals surface area contributed by atoms with Gasteiger partial charge in [-0.25, -0.2) is 15.0 Å². The molecule has 0 aliphatic rings. The lowest BCUT2D eigenvalue weighted by Crippen LogP contribution is -1.92. The van der Waals surface area contributed by atoms with Gasteiger partial charge < -0.3 is 0 Å². The molecule has 2 aromatic heterocycles. The Balaban J connectivity index is 1.21. The van der Waals surface area contributed by atoms with Crippen molar-refractivity contribution >= 4 is 48.9 Å². The number of benzene rings is 8. The zero-order valence-corrected chi connectivity index (χ0v) is 26.5. The van der Waals surface area contributed by atoms with Gasteiger partial charge in [0.2, 0.25) is 5.78 Å². The van der Waals surface area contributed by atoms with Gasteiger partial charge in [-0.1, -0.05) is 133 Å². The third-order valence-electron chi connectivity index (χ3n) is 9.76. The number of hydrogen-bond donors (Lipinski definition) is 0. The van der Waals surface area contributed by atoms with Crippen LogP contribution in [0.4, 0.5) is 0 Å². The summed E-state index contributed by atoms with van der Waals surface area (Å²) in [6.45, 7) is 0. The third-order valence-corrected chi connectivity index (χ3v) is 9.76. The Kier molecular flexibility index (Phi) is 6.15. The van der Waals surface area contributed by atoms with Crippen molar-refractivity contribution in [3.8, 4) is 44.6 Å². The van der Waals surface area contributed by atoms with Gasteiger partial charge in [-0.05, 0) is 94.7 Å². The molecule has 0 N–H and O–H groups in total. The maximum absolute atomic E-state index is 4.69. The van der Waals surface area contributed by atoms with E-state index in [0.29, 0.717) is 5.78 Å². The maximum atomic E-state index is 4.69. The normalized spacial score (nSPS) is 11.7. The molecular formula is C45H28N4. The van der Waals surface area contributed by atoms with Crippen LogP contribution in [0.25, 0.3) is 93.5 Å². The van der Waals surface area contributed by atoms with Crippen LogP contribution < -0.4 is 0 Å². The van der Waals surface area contributed by atoms with Crippen molar-refractivity contribution in [2.24, 2.45) is 0 Å². The van der Waals surface area contributed by atoms with Gasteiger partial charge in [0.15, 0.2) is 0 Å². The molecule has 0 radical (unpaired) electrons. The monoisotopic (exact) mass is 624 g/mol. The zero-order valence-electron chi connectivity index (χ0n) is 26.5. The van der Waals surface area contributed by atoms with Crippen molar-refractivity contribution in [3.05, 3.63) is 171 Å². The van der Waals surface area contributed by atoms with Crippen molar-refractivity contribution in [1.82, 2.24) is 19.4 Å². The van der Waals surface area contributed by atoms with E-state index in [1.54, 1.807) is 6.33 Å².